The van der Waals surface area contributed by atoms with Crippen molar-refractivity contribution in [3.8, 4) is 0 Å². The van der Waals surface area contributed by atoms with Crippen LogP contribution in [0.15, 0.2) is 0 Å². The molecule has 1 nitrogen and oxygen atoms in total. The van der Waals surface area contributed by atoms with Gasteiger partial charge < -0.3 is 3.88 Å². The first-order valence-corrected chi connectivity index (χ1v) is 10.4. The van der Waals surface area contributed by atoms with Gasteiger partial charge >= 0.3 is 14.4 Å². The largest absolute Gasteiger partial charge is 0.385 e. The molecular formula is C16H36AlN. The highest BCUT2D eigenvalue weighted by Crippen LogP contribution is 2.19. The van der Waals surface area contributed by atoms with Crippen molar-refractivity contribution in [1.29, 1.82) is 0 Å². The molecule has 0 N–H and O–H groups in total. The molecule has 18 heavy (non-hydrogen) atoms. The maximum atomic E-state index is 2.92. The fourth-order valence-corrected chi connectivity index (χ4v) is 6.74. The number of rotatable bonds is 11. The van der Waals surface area contributed by atoms with Crippen LogP contribution in [0, 0.1) is 11.8 Å². The van der Waals surface area contributed by atoms with Gasteiger partial charge in [0.05, 0.1) is 0 Å². The summed E-state index contributed by atoms with van der Waals surface area (Å²) in [6.07, 6.45) is 5.47. The van der Waals surface area contributed by atoms with Crippen LogP contribution in [0.4, 0.5) is 0 Å². The zero-order valence-corrected chi connectivity index (χ0v) is 15.0. The quantitative estimate of drug-likeness (QED) is 0.466. The molecule has 0 unspecified atom stereocenters. The molecule has 0 heterocycles. The van der Waals surface area contributed by atoms with Gasteiger partial charge in [-0.3, -0.25) is 0 Å². The minimum atomic E-state index is -0.694. The third-order valence-electron chi connectivity index (χ3n) is 3.60. The average molecular weight is 269 g/mol. The highest BCUT2D eigenvalue weighted by Gasteiger charge is 2.27. The molecule has 0 spiro atoms. The van der Waals surface area contributed by atoms with E-state index >= 15 is 0 Å². The summed E-state index contributed by atoms with van der Waals surface area (Å²) in [4.78, 5) is 0. The lowest BCUT2D eigenvalue weighted by atomic mass is 10.3. The molecule has 0 fully saturated rings. The van der Waals surface area contributed by atoms with Crippen LogP contribution in [0.1, 0.15) is 67.2 Å². The lowest BCUT2D eigenvalue weighted by molar-refractivity contribution is 0.398. The normalized spacial score (nSPS) is 11.8. The maximum absolute atomic E-state index is 2.92. The van der Waals surface area contributed by atoms with E-state index < -0.39 is 14.4 Å². The molecule has 0 amide bonds. The smallest absolute Gasteiger partial charge is 0.373 e. The third-order valence-corrected chi connectivity index (χ3v) is 8.12. The van der Waals surface area contributed by atoms with E-state index in [2.05, 4.69) is 45.4 Å². The van der Waals surface area contributed by atoms with Crippen LogP contribution in [-0.4, -0.2) is 31.3 Å². The van der Waals surface area contributed by atoms with Gasteiger partial charge in [0.15, 0.2) is 0 Å². The van der Waals surface area contributed by atoms with Crippen LogP contribution in [0.3, 0.4) is 0 Å². The van der Waals surface area contributed by atoms with E-state index in [0.29, 0.717) is 0 Å². The minimum Gasteiger partial charge on any atom is -0.385 e. The van der Waals surface area contributed by atoms with E-state index in [4.69, 9.17) is 0 Å². The summed E-state index contributed by atoms with van der Waals surface area (Å²) in [5.41, 5.74) is 0. The molecule has 0 aromatic carbocycles. The van der Waals surface area contributed by atoms with Crippen molar-refractivity contribution in [2.45, 2.75) is 77.8 Å². The van der Waals surface area contributed by atoms with Crippen molar-refractivity contribution in [3.05, 3.63) is 0 Å². The fourth-order valence-electron chi connectivity index (χ4n) is 2.68. The van der Waals surface area contributed by atoms with Crippen LogP contribution < -0.4 is 0 Å². The number of unbranched alkanes of at least 4 members (excludes halogenated alkanes) is 2. The van der Waals surface area contributed by atoms with Crippen LogP contribution >= 0.6 is 0 Å². The monoisotopic (exact) mass is 269 g/mol. The summed E-state index contributed by atoms with van der Waals surface area (Å²) < 4.78 is 2.92. The molecule has 2 heteroatoms. The van der Waals surface area contributed by atoms with Crippen LogP contribution in [0.2, 0.25) is 10.6 Å². The summed E-state index contributed by atoms with van der Waals surface area (Å²) >= 11 is -0.694. The maximum Gasteiger partial charge on any atom is 0.373 e. The van der Waals surface area contributed by atoms with Gasteiger partial charge in [0, 0.05) is 0 Å². The molecule has 0 aliphatic heterocycles. The van der Waals surface area contributed by atoms with Crippen LogP contribution in [0.25, 0.3) is 0 Å². The Morgan fingerprint density at radius 2 is 1.17 bits per heavy atom. The molecule has 0 bridgehead atoms. The summed E-state index contributed by atoms with van der Waals surface area (Å²) in [6.45, 7) is 17.0. The lowest BCUT2D eigenvalue weighted by Crippen LogP contribution is -2.42. The summed E-state index contributed by atoms with van der Waals surface area (Å²) in [5, 5.41) is 3.01. The Balaban J connectivity index is 4.47. The second kappa shape index (κ2) is 11.3. The van der Waals surface area contributed by atoms with Gasteiger partial charge in [0.25, 0.3) is 0 Å². The highest BCUT2D eigenvalue weighted by molar-refractivity contribution is 6.55. The molecule has 108 valence electrons. The first-order chi connectivity index (χ1) is 8.51. The molecule has 0 saturated carbocycles. The molecule has 0 aromatic heterocycles. The van der Waals surface area contributed by atoms with E-state index in [1.165, 1.54) is 49.3 Å². The van der Waals surface area contributed by atoms with Crippen molar-refractivity contribution >= 4 is 14.4 Å². The Kier molecular flexibility index (Phi) is 11.6. The van der Waals surface area contributed by atoms with E-state index in [9.17, 15) is 0 Å². The van der Waals surface area contributed by atoms with Crippen molar-refractivity contribution in [3.63, 3.8) is 0 Å². The minimum absolute atomic E-state index is 0.694. The Morgan fingerprint density at radius 1 is 0.778 bits per heavy atom. The SMILES string of the molecule is CCCC[N](CCCC)[Al]([CH2]C(C)C)[CH2]C(C)C. The highest BCUT2D eigenvalue weighted by atomic mass is 27.2. The zero-order valence-electron chi connectivity index (χ0n) is 13.8. The zero-order chi connectivity index (χ0) is 14.0. The standard InChI is InChI=1S/C8H18N.2C4H9.Al/c1-3-5-7-9-8-6-4-2;2*1-4(2)3;/h3-8H2,1-2H3;2*4H,1H2,2-3H3;/q-1;;;+1. The summed E-state index contributed by atoms with van der Waals surface area (Å²) in [5.74, 6) is 1.76. The Hall–Kier alpha value is 0.492. The topological polar surface area (TPSA) is 3.24 Å². The van der Waals surface area contributed by atoms with Gasteiger partial charge in [0.2, 0.25) is 0 Å². The summed E-state index contributed by atoms with van der Waals surface area (Å²) in [7, 11) is 0. The first-order valence-electron chi connectivity index (χ1n) is 8.25. The predicted molar refractivity (Wildman–Crippen MR) is 86.4 cm³/mol. The van der Waals surface area contributed by atoms with Crippen molar-refractivity contribution in [2.75, 3.05) is 13.1 Å². The Labute approximate surface area is 121 Å². The molecule has 0 radical (unpaired) electrons. The lowest BCUT2D eigenvalue weighted by Gasteiger charge is -2.31. The number of nitrogens with zero attached hydrogens (tertiary/aromatic N) is 1. The molecule has 0 aliphatic rings. The molecular weight excluding hydrogens is 233 g/mol. The van der Waals surface area contributed by atoms with E-state index in [1.807, 2.05) is 0 Å². The van der Waals surface area contributed by atoms with Gasteiger partial charge in [-0.25, -0.2) is 0 Å². The van der Waals surface area contributed by atoms with Crippen molar-refractivity contribution in [2.24, 2.45) is 11.8 Å². The van der Waals surface area contributed by atoms with Gasteiger partial charge in [-0.15, -0.1) is 0 Å². The fraction of sp³-hybridized carbons (Fsp3) is 1.00. The molecule has 0 saturated heterocycles. The third kappa shape index (κ3) is 9.43. The second-order valence-electron chi connectivity index (χ2n) is 6.66. The average Bonchev–Trinajstić information content (AvgIpc) is 2.27. The van der Waals surface area contributed by atoms with Crippen LogP contribution in [0.5, 0.6) is 0 Å². The molecule has 0 atom stereocenters. The van der Waals surface area contributed by atoms with E-state index in [0.717, 1.165) is 11.8 Å². The predicted octanol–water partition coefficient (Wildman–Crippen LogP) is 5.19. The molecule has 0 aromatic rings. The van der Waals surface area contributed by atoms with Gasteiger partial charge in [0.1, 0.15) is 0 Å². The van der Waals surface area contributed by atoms with E-state index in [-0.39, 0.29) is 0 Å². The van der Waals surface area contributed by atoms with Crippen molar-refractivity contribution in [1.82, 2.24) is 3.88 Å². The first kappa shape index (κ1) is 18.5. The van der Waals surface area contributed by atoms with Crippen LogP contribution in [-0.2, 0) is 0 Å². The van der Waals surface area contributed by atoms with Crippen molar-refractivity contribution < 1.29 is 0 Å². The number of hydrogen-bond donors (Lipinski definition) is 0. The summed E-state index contributed by atoms with van der Waals surface area (Å²) in [6, 6.07) is 0. The van der Waals surface area contributed by atoms with Gasteiger partial charge in [-0.2, -0.15) is 0 Å². The Bertz CT molecular complexity index is 162. The molecule has 0 aliphatic carbocycles. The van der Waals surface area contributed by atoms with E-state index in [1.54, 1.807) is 0 Å². The number of hydrogen-bond acceptors (Lipinski definition) is 1. The Morgan fingerprint density at radius 3 is 1.44 bits per heavy atom. The molecule has 0 rings (SSSR count). The van der Waals surface area contributed by atoms with Gasteiger partial charge in [-0.05, 0) is 25.9 Å². The van der Waals surface area contributed by atoms with Gasteiger partial charge in [-0.1, -0.05) is 76.8 Å². The second-order valence-corrected chi connectivity index (χ2v) is 9.64.